The number of nitrogens with one attached hydrogen (secondary N) is 1. The van der Waals surface area contributed by atoms with Crippen LogP contribution in [0, 0.1) is 17.2 Å². The summed E-state index contributed by atoms with van der Waals surface area (Å²) in [7, 11) is 0. The van der Waals surface area contributed by atoms with E-state index in [1.54, 1.807) is 18.2 Å². The smallest absolute Gasteiger partial charge is 0.313 e. The summed E-state index contributed by atoms with van der Waals surface area (Å²) in [5.74, 6) is -0.694. The summed E-state index contributed by atoms with van der Waals surface area (Å²) in [5.41, 5.74) is 0.0200. The number of nitriles is 1. The molecule has 6 nitrogen and oxygen atoms in total. The summed E-state index contributed by atoms with van der Waals surface area (Å²) in [6.07, 6.45) is 4.62. The SMILES string of the molecule is N#CC1(NC(=O)COC(=O)[C@H]2COc3ccc(Cl)cc3C2)CCCCC1. The van der Waals surface area contributed by atoms with Gasteiger partial charge in [-0.2, -0.15) is 5.26 Å². The largest absolute Gasteiger partial charge is 0.492 e. The molecule has 0 bridgehead atoms. The zero-order chi connectivity index (χ0) is 18.6. The number of carbonyl (C=O) groups excluding carboxylic acids is 2. The third kappa shape index (κ3) is 4.28. The minimum Gasteiger partial charge on any atom is -0.492 e. The summed E-state index contributed by atoms with van der Waals surface area (Å²) in [5, 5.41) is 12.7. The summed E-state index contributed by atoms with van der Waals surface area (Å²) in [6, 6.07) is 7.49. The lowest BCUT2D eigenvalue weighted by atomic mass is 9.83. The Balaban J connectivity index is 1.51. The van der Waals surface area contributed by atoms with E-state index in [-0.39, 0.29) is 13.2 Å². The third-order valence-corrected chi connectivity index (χ3v) is 5.14. The Labute approximate surface area is 157 Å². The zero-order valence-corrected chi connectivity index (χ0v) is 15.2. The molecule has 1 aromatic rings. The van der Waals surface area contributed by atoms with Crippen molar-refractivity contribution >= 4 is 23.5 Å². The number of ether oxygens (including phenoxy) is 2. The highest BCUT2D eigenvalue weighted by Gasteiger charge is 2.34. The van der Waals surface area contributed by atoms with Crippen LogP contribution in [0.4, 0.5) is 0 Å². The molecule has 1 heterocycles. The van der Waals surface area contributed by atoms with E-state index in [1.807, 2.05) is 0 Å². The van der Waals surface area contributed by atoms with Crippen molar-refractivity contribution in [3.8, 4) is 11.8 Å². The molecule has 0 unspecified atom stereocenters. The number of carbonyl (C=O) groups is 2. The van der Waals surface area contributed by atoms with E-state index in [4.69, 9.17) is 21.1 Å². The van der Waals surface area contributed by atoms with Gasteiger partial charge in [0.25, 0.3) is 5.91 Å². The topological polar surface area (TPSA) is 88.4 Å². The standard InChI is InChI=1S/C19H21ClN2O4/c20-15-4-5-16-13(9-15)8-14(10-25-16)18(24)26-11-17(23)22-19(12-21)6-2-1-3-7-19/h4-5,9,14H,1-3,6-8,10-11H2,(H,22,23)/t14-/m1/s1. The number of rotatable bonds is 4. The minimum atomic E-state index is -0.828. The minimum absolute atomic E-state index is 0.206. The van der Waals surface area contributed by atoms with E-state index < -0.39 is 23.3 Å². The fourth-order valence-corrected chi connectivity index (χ4v) is 3.69. The molecule has 0 radical (unpaired) electrons. The maximum atomic E-state index is 12.3. The molecule has 2 aliphatic rings. The number of benzene rings is 1. The van der Waals surface area contributed by atoms with Gasteiger partial charge < -0.3 is 14.8 Å². The number of fused-ring (bicyclic) bond motifs is 1. The first kappa shape index (κ1) is 18.5. The van der Waals surface area contributed by atoms with Gasteiger partial charge in [-0.25, -0.2) is 0 Å². The first-order valence-electron chi connectivity index (χ1n) is 8.81. The van der Waals surface area contributed by atoms with Crippen molar-refractivity contribution in [3.05, 3.63) is 28.8 Å². The molecule has 1 fully saturated rings. The van der Waals surface area contributed by atoms with Crippen molar-refractivity contribution in [3.63, 3.8) is 0 Å². The molecule has 1 saturated carbocycles. The highest BCUT2D eigenvalue weighted by atomic mass is 35.5. The van der Waals surface area contributed by atoms with E-state index in [0.29, 0.717) is 30.0 Å². The first-order valence-corrected chi connectivity index (χ1v) is 9.19. The first-order chi connectivity index (χ1) is 12.5. The molecule has 1 aliphatic carbocycles. The van der Waals surface area contributed by atoms with Gasteiger partial charge in [-0.15, -0.1) is 0 Å². The molecular weight excluding hydrogens is 356 g/mol. The van der Waals surface area contributed by atoms with Crippen LogP contribution >= 0.6 is 11.6 Å². The van der Waals surface area contributed by atoms with Crippen LogP contribution in [0.2, 0.25) is 5.02 Å². The van der Waals surface area contributed by atoms with Crippen LogP contribution in [-0.2, 0) is 20.7 Å². The molecule has 0 saturated heterocycles. The van der Waals surface area contributed by atoms with Gasteiger partial charge in [-0.05, 0) is 43.0 Å². The Morgan fingerprint density at radius 3 is 2.85 bits per heavy atom. The Morgan fingerprint density at radius 2 is 2.12 bits per heavy atom. The van der Waals surface area contributed by atoms with E-state index >= 15 is 0 Å². The number of nitrogens with zero attached hydrogens (tertiary/aromatic N) is 1. The van der Waals surface area contributed by atoms with Gasteiger partial charge in [0, 0.05) is 5.02 Å². The lowest BCUT2D eigenvalue weighted by molar-refractivity contribution is -0.154. The van der Waals surface area contributed by atoms with Crippen LogP contribution < -0.4 is 10.1 Å². The molecule has 1 N–H and O–H groups in total. The third-order valence-electron chi connectivity index (χ3n) is 4.91. The van der Waals surface area contributed by atoms with Crippen LogP contribution in [0.25, 0.3) is 0 Å². The molecular formula is C19H21ClN2O4. The van der Waals surface area contributed by atoms with Crippen molar-refractivity contribution in [1.29, 1.82) is 5.26 Å². The predicted octanol–water partition coefficient (Wildman–Crippen LogP) is 2.78. The quantitative estimate of drug-likeness (QED) is 0.816. The van der Waals surface area contributed by atoms with Gasteiger partial charge in [0.2, 0.25) is 0 Å². The lowest BCUT2D eigenvalue weighted by Gasteiger charge is -2.31. The second kappa shape index (κ2) is 7.96. The Hall–Kier alpha value is -2.26. The van der Waals surface area contributed by atoms with Crippen LogP contribution in [-0.4, -0.2) is 30.6 Å². The molecule has 7 heteroatoms. The Kier molecular flexibility index (Phi) is 5.67. The zero-order valence-electron chi connectivity index (χ0n) is 14.4. The summed E-state index contributed by atoms with van der Waals surface area (Å²) in [6.45, 7) is -0.182. The second-order valence-corrected chi connectivity index (χ2v) is 7.31. The average Bonchev–Trinajstić information content (AvgIpc) is 2.66. The van der Waals surface area contributed by atoms with Gasteiger partial charge in [-0.3, -0.25) is 9.59 Å². The van der Waals surface area contributed by atoms with E-state index in [2.05, 4.69) is 11.4 Å². The van der Waals surface area contributed by atoms with Gasteiger partial charge >= 0.3 is 5.97 Å². The fraction of sp³-hybridized carbons (Fsp3) is 0.526. The number of esters is 1. The maximum Gasteiger partial charge on any atom is 0.313 e. The highest BCUT2D eigenvalue weighted by Crippen LogP contribution is 2.30. The molecule has 138 valence electrons. The van der Waals surface area contributed by atoms with Crippen LogP contribution in [0.5, 0.6) is 5.75 Å². The van der Waals surface area contributed by atoms with Crippen molar-refractivity contribution in [2.75, 3.05) is 13.2 Å². The normalized spacial score (nSPS) is 20.8. The number of hydrogen-bond acceptors (Lipinski definition) is 5. The van der Waals surface area contributed by atoms with Crippen molar-refractivity contribution < 1.29 is 19.1 Å². The Morgan fingerprint density at radius 1 is 1.35 bits per heavy atom. The van der Waals surface area contributed by atoms with E-state index in [9.17, 15) is 14.9 Å². The molecule has 26 heavy (non-hydrogen) atoms. The molecule has 0 aromatic heterocycles. The number of halogens is 1. The molecule has 0 spiro atoms. The molecule has 1 aromatic carbocycles. The van der Waals surface area contributed by atoms with E-state index in [1.165, 1.54) is 0 Å². The van der Waals surface area contributed by atoms with Gasteiger partial charge in [-0.1, -0.05) is 30.9 Å². The van der Waals surface area contributed by atoms with Crippen molar-refractivity contribution in [2.24, 2.45) is 5.92 Å². The lowest BCUT2D eigenvalue weighted by Crippen LogP contribution is -2.50. The fourth-order valence-electron chi connectivity index (χ4n) is 3.49. The maximum absolute atomic E-state index is 12.3. The molecule has 1 amide bonds. The van der Waals surface area contributed by atoms with Gasteiger partial charge in [0.05, 0.1) is 12.0 Å². The van der Waals surface area contributed by atoms with Crippen molar-refractivity contribution in [1.82, 2.24) is 5.32 Å². The van der Waals surface area contributed by atoms with Gasteiger partial charge in [0.1, 0.15) is 17.9 Å². The molecule has 3 rings (SSSR count). The summed E-state index contributed by atoms with van der Waals surface area (Å²) in [4.78, 5) is 24.4. The second-order valence-electron chi connectivity index (χ2n) is 6.87. The van der Waals surface area contributed by atoms with Gasteiger partial charge in [0.15, 0.2) is 6.61 Å². The number of amides is 1. The van der Waals surface area contributed by atoms with Crippen LogP contribution in [0.3, 0.4) is 0 Å². The Bertz CT molecular complexity index is 738. The molecule has 1 aliphatic heterocycles. The number of hydrogen-bond donors (Lipinski definition) is 1. The van der Waals surface area contributed by atoms with Crippen molar-refractivity contribution in [2.45, 2.75) is 44.1 Å². The predicted molar refractivity (Wildman–Crippen MR) is 94.7 cm³/mol. The van der Waals surface area contributed by atoms with Crippen LogP contribution in [0.1, 0.15) is 37.7 Å². The summed E-state index contributed by atoms with van der Waals surface area (Å²) >= 11 is 5.98. The van der Waals surface area contributed by atoms with Crippen LogP contribution in [0.15, 0.2) is 18.2 Å². The summed E-state index contributed by atoms with van der Waals surface area (Å²) < 4.78 is 10.7. The average molecular weight is 377 g/mol. The van der Waals surface area contributed by atoms with E-state index in [0.717, 1.165) is 24.8 Å². The highest BCUT2D eigenvalue weighted by molar-refractivity contribution is 6.30. The molecule has 1 atom stereocenters. The monoisotopic (exact) mass is 376 g/mol.